The van der Waals surface area contributed by atoms with Crippen LogP contribution < -0.4 is 14.8 Å². The molecule has 0 saturated heterocycles. The van der Waals surface area contributed by atoms with Crippen LogP contribution in [0, 0.1) is 5.41 Å². The van der Waals surface area contributed by atoms with Crippen LogP contribution in [-0.2, 0) is 21.4 Å². The fourth-order valence-corrected chi connectivity index (χ4v) is 6.75. The lowest BCUT2D eigenvalue weighted by Gasteiger charge is -2.20. The van der Waals surface area contributed by atoms with E-state index in [1.165, 1.54) is 5.56 Å². The molecule has 1 fully saturated rings. The molecule has 0 radical (unpaired) electrons. The van der Waals surface area contributed by atoms with Crippen molar-refractivity contribution in [2.75, 3.05) is 27.5 Å². The maximum absolute atomic E-state index is 12.8. The predicted octanol–water partition coefficient (Wildman–Crippen LogP) is 5.21. The Bertz CT molecular complexity index is 1520. The number of hydrogen-bond donors (Lipinski definition) is 2. The Kier molecular flexibility index (Phi) is 8.75. The number of nitrogens with one attached hydrogen (secondary N) is 2. The second kappa shape index (κ2) is 11.7. The largest absolute Gasteiger partial charge is 0.497 e. The number of carbonyl (C=O) groups is 2. The van der Waals surface area contributed by atoms with Gasteiger partial charge in [-0.2, -0.15) is 0 Å². The molecule has 1 aliphatic carbocycles. The van der Waals surface area contributed by atoms with Crippen molar-refractivity contribution < 1.29 is 22.7 Å². The van der Waals surface area contributed by atoms with E-state index >= 15 is 0 Å². The number of ether oxygens (including phenoxy) is 1. The van der Waals surface area contributed by atoms with E-state index in [-0.39, 0.29) is 11.5 Å². The minimum Gasteiger partial charge on any atom is -0.497 e. The lowest BCUT2D eigenvalue weighted by atomic mass is 9.85. The smallest absolute Gasteiger partial charge is 0.264 e. The number of benzene rings is 2. The molecule has 1 amide bonds. The van der Waals surface area contributed by atoms with E-state index in [4.69, 9.17) is 4.74 Å². The average Bonchev–Trinajstić information content (AvgIpc) is 3.57. The minimum absolute atomic E-state index is 0.116. The van der Waals surface area contributed by atoms with Crippen molar-refractivity contribution in [3.63, 3.8) is 0 Å². The zero-order valence-corrected chi connectivity index (χ0v) is 25.2. The van der Waals surface area contributed by atoms with Crippen molar-refractivity contribution in [1.82, 2.24) is 14.6 Å². The second-order valence-corrected chi connectivity index (χ2v) is 12.9. The van der Waals surface area contributed by atoms with E-state index in [0.29, 0.717) is 12.5 Å². The van der Waals surface area contributed by atoms with Crippen LogP contribution in [0.25, 0.3) is 22.2 Å². The summed E-state index contributed by atoms with van der Waals surface area (Å²) in [5.74, 6) is 0.551. The van der Waals surface area contributed by atoms with E-state index in [2.05, 4.69) is 40.6 Å². The molecule has 5 rings (SSSR count). The van der Waals surface area contributed by atoms with Crippen LogP contribution in [0.2, 0.25) is 0 Å². The standard InChI is InChI=1S/C29H34N2O5S.C2H7N/c1-5-7-18(8-6-2)26-22-11-9-19(28(33)30-37(4,34)35)13-25(22)31-16-29(17-32)15-24(29)23-14-20(36-3)10-12-21(23)27(26)31;1-3-2/h9-14,17-18,24H,5-8,15-16H2,1-4H3,(H,30,33);3H,1-2H3. The van der Waals surface area contributed by atoms with Crippen molar-refractivity contribution in [1.29, 1.82) is 0 Å². The zero-order chi connectivity index (χ0) is 29.2. The van der Waals surface area contributed by atoms with Crippen LogP contribution in [0.3, 0.4) is 0 Å². The highest BCUT2D eigenvalue weighted by Gasteiger charge is 2.58. The van der Waals surface area contributed by atoms with Gasteiger partial charge in [-0.1, -0.05) is 32.8 Å². The zero-order valence-electron chi connectivity index (χ0n) is 24.3. The molecule has 8 nitrogen and oxygen atoms in total. The lowest BCUT2D eigenvalue weighted by Crippen LogP contribution is -2.29. The number of carbonyl (C=O) groups excluding carboxylic acids is 2. The lowest BCUT2D eigenvalue weighted by molar-refractivity contribution is -0.112. The monoisotopic (exact) mass is 567 g/mol. The van der Waals surface area contributed by atoms with Gasteiger partial charge in [0.05, 0.1) is 24.5 Å². The molecule has 0 spiro atoms. The van der Waals surface area contributed by atoms with Gasteiger partial charge in [-0.15, -0.1) is 0 Å². The van der Waals surface area contributed by atoms with Gasteiger partial charge in [0.25, 0.3) is 5.91 Å². The summed E-state index contributed by atoms with van der Waals surface area (Å²) in [6.45, 7) is 4.91. The fourth-order valence-electron chi connectivity index (χ4n) is 6.29. The normalized spacial score (nSPS) is 19.0. The Morgan fingerprint density at radius 2 is 1.82 bits per heavy atom. The Morgan fingerprint density at radius 1 is 1.15 bits per heavy atom. The van der Waals surface area contributed by atoms with E-state index in [0.717, 1.165) is 78.1 Å². The molecule has 3 aromatic rings. The van der Waals surface area contributed by atoms with Gasteiger partial charge in [0.2, 0.25) is 10.0 Å². The van der Waals surface area contributed by atoms with Crippen LogP contribution in [0.1, 0.15) is 79.3 Å². The number of hydrogen-bond acceptors (Lipinski definition) is 6. The first-order valence-electron chi connectivity index (χ1n) is 14.0. The number of fused-ring (bicyclic) bond motifs is 7. The average molecular weight is 568 g/mol. The van der Waals surface area contributed by atoms with E-state index in [9.17, 15) is 18.0 Å². The highest BCUT2D eigenvalue weighted by atomic mass is 32.2. The Morgan fingerprint density at radius 3 is 2.40 bits per heavy atom. The third-order valence-electron chi connectivity index (χ3n) is 8.02. The van der Waals surface area contributed by atoms with Gasteiger partial charge in [0.1, 0.15) is 12.0 Å². The second-order valence-electron chi connectivity index (χ2n) is 11.1. The molecular weight excluding hydrogens is 526 g/mol. The molecular formula is C31H41N3O5S. The summed E-state index contributed by atoms with van der Waals surface area (Å²) in [5.41, 5.74) is 5.23. The van der Waals surface area contributed by atoms with Gasteiger partial charge in [-0.25, -0.2) is 13.1 Å². The van der Waals surface area contributed by atoms with Crippen molar-refractivity contribution in [2.45, 2.75) is 64.3 Å². The fraction of sp³-hybridized carbons (Fsp3) is 0.484. The highest BCUT2D eigenvalue weighted by Crippen LogP contribution is 2.64. The maximum atomic E-state index is 12.8. The summed E-state index contributed by atoms with van der Waals surface area (Å²) in [7, 11) is 1.71. The number of amides is 1. The van der Waals surface area contributed by atoms with Gasteiger partial charge in [-0.3, -0.25) is 4.79 Å². The van der Waals surface area contributed by atoms with E-state index < -0.39 is 21.3 Å². The van der Waals surface area contributed by atoms with Gasteiger partial charge in [0, 0.05) is 28.6 Å². The van der Waals surface area contributed by atoms with Gasteiger partial charge >= 0.3 is 0 Å². The number of nitrogens with zero attached hydrogens (tertiary/aromatic N) is 1. The first kappa shape index (κ1) is 29.8. The van der Waals surface area contributed by atoms with E-state index in [1.54, 1.807) is 19.2 Å². The van der Waals surface area contributed by atoms with E-state index in [1.807, 2.05) is 26.2 Å². The molecule has 9 heteroatoms. The Labute approximate surface area is 237 Å². The summed E-state index contributed by atoms with van der Waals surface area (Å²) in [6.07, 6.45) is 6.99. The van der Waals surface area contributed by atoms with Crippen molar-refractivity contribution in [2.24, 2.45) is 5.41 Å². The van der Waals surface area contributed by atoms with Crippen LogP contribution in [0.4, 0.5) is 0 Å². The predicted molar refractivity (Wildman–Crippen MR) is 160 cm³/mol. The van der Waals surface area contributed by atoms with Crippen LogP contribution >= 0.6 is 0 Å². The van der Waals surface area contributed by atoms with Crippen LogP contribution in [0.5, 0.6) is 5.75 Å². The van der Waals surface area contributed by atoms with Crippen molar-refractivity contribution in [3.8, 4) is 17.0 Å². The maximum Gasteiger partial charge on any atom is 0.264 e. The number of aldehydes is 1. The first-order valence-corrected chi connectivity index (χ1v) is 15.9. The summed E-state index contributed by atoms with van der Waals surface area (Å²) in [4.78, 5) is 25.3. The third-order valence-corrected chi connectivity index (χ3v) is 8.58. The molecule has 2 unspecified atom stereocenters. The van der Waals surface area contributed by atoms with Crippen molar-refractivity contribution in [3.05, 3.63) is 53.1 Å². The van der Waals surface area contributed by atoms with Crippen molar-refractivity contribution >= 4 is 33.1 Å². The number of aromatic nitrogens is 1. The van der Waals surface area contributed by atoms with Crippen LogP contribution in [-0.4, -0.2) is 52.6 Å². The molecule has 2 aromatic carbocycles. The summed E-state index contributed by atoms with van der Waals surface area (Å²) < 4.78 is 33.3. The SMILES string of the molecule is CCCC(CCC)c1c2n(c3cc(C(=O)NS(C)(=O)=O)ccc13)CC1(C=O)CC1c1cc(OC)ccc1-2.CNC. The molecule has 1 aromatic heterocycles. The van der Waals surface area contributed by atoms with Crippen LogP contribution in [0.15, 0.2) is 36.4 Å². The number of rotatable bonds is 9. The summed E-state index contributed by atoms with van der Waals surface area (Å²) >= 11 is 0. The molecule has 2 heterocycles. The Balaban J connectivity index is 0.00000118. The molecule has 1 saturated carbocycles. The van der Waals surface area contributed by atoms with Gasteiger partial charge in [-0.05, 0) is 86.7 Å². The molecule has 2 N–H and O–H groups in total. The summed E-state index contributed by atoms with van der Waals surface area (Å²) in [5, 5.41) is 3.81. The summed E-state index contributed by atoms with van der Waals surface area (Å²) in [6, 6.07) is 11.6. The third kappa shape index (κ3) is 5.54. The molecule has 216 valence electrons. The topological polar surface area (TPSA) is 107 Å². The molecule has 2 atom stereocenters. The molecule has 40 heavy (non-hydrogen) atoms. The molecule has 2 aliphatic rings. The quantitative estimate of drug-likeness (QED) is 0.344. The van der Waals surface area contributed by atoms with Gasteiger partial charge in [0.15, 0.2) is 0 Å². The Hall–Kier alpha value is -3.17. The first-order chi connectivity index (χ1) is 19.1. The van der Waals surface area contributed by atoms with Gasteiger partial charge < -0.3 is 19.4 Å². The number of sulfonamides is 1. The minimum atomic E-state index is -3.70. The number of methoxy groups -OCH3 is 1. The molecule has 0 bridgehead atoms. The highest BCUT2D eigenvalue weighted by molar-refractivity contribution is 7.89. The molecule has 1 aliphatic heterocycles.